The average molecular weight is 368 g/mol. The number of carbonyl (C=O) groups excluding carboxylic acids is 2. The number of fused-ring (bicyclic) bond motifs is 1. The molecule has 0 saturated heterocycles. The molecule has 0 unspecified atom stereocenters. The zero-order valence-corrected chi connectivity index (χ0v) is 15.6. The van der Waals surface area contributed by atoms with Gasteiger partial charge in [0, 0.05) is 18.7 Å². The van der Waals surface area contributed by atoms with Gasteiger partial charge in [0.2, 0.25) is 11.8 Å². The Balaban J connectivity index is 1.58. The molecule has 27 heavy (non-hydrogen) atoms. The molecule has 2 aromatic carbocycles. The van der Waals surface area contributed by atoms with Crippen molar-refractivity contribution < 1.29 is 14.0 Å². The van der Waals surface area contributed by atoms with Crippen molar-refractivity contribution in [3.05, 3.63) is 65.5 Å². The summed E-state index contributed by atoms with van der Waals surface area (Å²) in [7, 11) is 0. The second kappa shape index (κ2) is 8.80. The third kappa shape index (κ3) is 4.73. The number of nitrogens with zero attached hydrogens (tertiary/aromatic N) is 1. The van der Waals surface area contributed by atoms with Gasteiger partial charge in [-0.2, -0.15) is 0 Å². The van der Waals surface area contributed by atoms with Crippen molar-refractivity contribution in [3.8, 4) is 0 Å². The van der Waals surface area contributed by atoms with Gasteiger partial charge in [-0.3, -0.25) is 14.5 Å². The maximum absolute atomic E-state index is 13.2. The van der Waals surface area contributed by atoms with Crippen LogP contribution in [0.3, 0.4) is 0 Å². The van der Waals surface area contributed by atoms with E-state index in [0.717, 1.165) is 29.7 Å². The molecule has 2 amide bonds. The molecule has 4 nitrogen and oxygen atoms in total. The van der Waals surface area contributed by atoms with E-state index in [9.17, 15) is 14.0 Å². The number of rotatable bonds is 6. The predicted octanol–water partition coefficient (Wildman–Crippen LogP) is 3.63. The van der Waals surface area contributed by atoms with Crippen LogP contribution >= 0.6 is 0 Å². The van der Waals surface area contributed by atoms with Crippen LogP contribution in [-0.2, 0) is 22.4 Å². The van der Waals surface area contributed by atoms with Crippen LogP contribution in [0, 0.1) is 5.82 Å². The highest BCUT2D eigenvalue weighted by Gasteiger charge is 2.30. The monoisotopic (exact) mass is 368 g/mol. The number of anilines is 1. The first kappa shape index (κ1) is 19.1. The van der Waals surface area contributed by atoms with Crippen LogP contribution in [0.1, 0.15) is 37.3 Å². The van der Waals surface area contributed by atoms with Gasteiger partial charge in [0.05, 0.1) is 0 Å². The van der Waals surface area contributed by atoms with E-state index < -0.39 is 6.04 Å². The van der Waals surface area contributed by atoms with Gasteiger partial charge in [-0.1, -0.05) is 30.3 Å². The van der Waals surface area contributed by atoms with E-state index in [4.69, 9.17) is 0 Å². The van der Waals surface area contributed by atoms with Crippen molar-refractivity contribution in [1.82, 2.24) is 5.32 Å². The smallest absolute Gasteiger partial charge is 0.242 e. The van der Waals surface area contributed by atoms with E-state index in [1.807, 2.05) is 30.3 Å². The molecule has 5 heteroatoms. The standard InChI is InChI=1S/C22H25FN2O2/c1-16(22(27)24-14-6-8-17-7-4-11-19(23)15-17)25-20-12-3-2-9-18(20)10-5-13-21(25)26/h2-4,7,9,11-12,15-16H,5-6,8,10,13-14H2,1H3,(H,24,27)/t16-/m0/s1. The molecule has 0 saturated carbocycles. The summed E-state index contributed by atoms with van der Waals surface area (Å²) in [5, 5.41) is 2.91. The lowest BCUT2D eigenvalue weighted by atomic mass is 10.1. The van der Waals surface area contributed by atoms with Gasteiger partial charge in [0.15, 0.2) is 0 Å². The molecule has 0 aliphatic carbocycles. The summed E-state index contributed by atoms with van der Waals surface area (Å²) in [6, 6.07) is 13.7. The number of amides is 2. The fraction of sp³-hybridized carbons (Fsp3) is 0.364. The zero-order valence-electron chi connectivity index (χ0n) is 15.6. The van der Waals surface area contributed by atoms with Crippen LogP contribution in [0.25, 0.3) is 0 Å². The Morgan fingerprint density at radius 1 is 1.19 bits per heavy atom. The maximum Gasteiger partial charge on any atom is 0.242 e. The molecule has 1 atom stereocenters. The fourth-order valence-corrected chi connectivity index (χ4v) is 3.53. The number of para-hydroxylation sites is 1. The van der Waals surface area contributed by atoms with Crippen molar-refractivity contribution in [3.63, 3.8) is 0 Å². The highest BCUT2D eigenvalue weighted by molar-refractivity contribution is 6.01. The molecule has 1 N–H and O–H groups in total. The molecule has 2 aromatic rings. The highest BCUT2D eigenvalue weighted by atomic mass is 19.1. The highest BCUT2D eigenvalue weighted by Crippen LogP contribution is 2.28. The van der Waals surface area contributed by atoms with Crippen LogP contribution < -0.4 is 10.2 Å². The summed E-state index contributed by atoms with van der Waals surface area (Å²) in [4.78, 5) is 26.8. The van der Waals surface area contributed by atoms with Gasteiger partial charge in [-0.15, -0.1) is 0 Å². The lowest BCUT2D eigenvalue weighted by Crippen LogP contribution is -2.48. The minimum Gasteiger partial charge on any atom is -0.354 e. The summed E-state index contributed by atoms with van der Waals surface area (Å²) < 4.78 is 13.2. The molecule has 0 fully saturated rings. The van der Waals surface area contributed by atoms with Gasteiger partial charge in [-0.05, 0) is 61.9 Å². The number of aryl methyl sites for hydroxylation is 2. The van der Waals surface area contributed by atoms with E-state index in [-0.39, 0.29) is 17.6 Å². The first-order valence-electron chi connectivity index (χ1n) is 9.48. The van der Waals surface area contributed by atoms with Gasteiger partial charge in [-0.25, -0.2) is 4.39 Å². The van der Waals surface area contributed by atoms with Crippen molar-refractivity contribution >= 4 is 17.5 Å². The Morgan fingerprint density at radius 3 is 2.81 bits per heavy atom. The Labute approximate surface area is 159 Å². The topological polar surface area (TPSA) is 49.4 Å². The maximum atomic E-state index is 13.2. The molecule has 1 aliphatic heterocycles. The molecule has 3 rings (SSSR count). The number of hydrogen-bond acceptors (Lipinski definition) is 2. The summed E-state index contributed by atoms with van der Waals surface area (Å²) in [5.74, 6) is -0.426. The average Bonchev–Trinajstić information content (AvgIpc) is 2.82. The molecule has 0 radical (unpaired) electrons. The molecule has 0 aromatic heterocycles. The van der Waals surface area contributed by atoms with Crippen molar-refractivity contribution in [2.24, 2.45) is 0 Å². The fourth-order valence-electron chi connectivity index (χ4n) is 3.53. The Morgan fingerprint density at radius 2 is 2.00 bits per heavy atom. The Hall–Kier alpha value is -2.69. The number of nitrogens with one attached hydrogen (secondary N) is 1. The van der Waals surface area contributed by atoms with E-state index in [2.05, 4.69) is 5.32 Å². The van der Waals surface area contributed by atoms with Gasteiger partial charge in [0.25, 0.3) is 0 Å². The molecule has 0 spiro atoms. The third-order valence-electron chi connectivity index (χ3n) is 4.95. The van der Waals surface area contributed by atoms with Gasteiger partial charge >= 0.3 is 0 Å². The minimum atomic E-state index is -0.564. The van der Waals surface area contributed by atoms with E-state index >= 15 is 0 Å². The van der Waals surface area contributed by atoms with Crippen molar-refractivity contribution in [2.45, 2.75) is 45.1 Å². The quantitative estimate of drug-likeness (QED) is 0.792. The first-order chi connectivity index (χ1) is 13.1. The van der Waals surface area contributed by atoms with Gasteiger partial charge in [0.1, 0.15) is 11.9 Å². The van der Waals surface area contributed by atoms with E-state index in [1.165, 1.54) is 12.1 Å². The number of hydrogen-bond donors (Lipinski definition) is 1. The summed E-state index contributed by atoms with van der Waals surface area (Å²) >= 11 is 0. The molecule has 1 heterocycles. The summed E-state index contributed by atoms with van der Waals surface area (Å²) in [6.45, 7) is 2.26. The van der Waals surface area contributed by atoms with Crippen LogP contribution in [0.15, 0.2) is 48.5 Å². The zero-order chi connectivity index (χ0) is 19.2. The van der Waals surface area contributed by atoms with Crippen LogP contribution in [0.2, 0.25) is 0 Å². The van der Waals surface area contributed by atoms with Crippen molar-refractivity contribution in [2.75, 3.05) is 11.4 Å². The summed E-state index contributed by atoms with van der Waals surface area (Å²) in [6.07, 6.45) is 3.50. The number of halogens is 1. The van der Waals surface area contributed by atoms with Crippen LogP contribution in [-0.4, -0.2) is 24.4 Å². The Kier molecular flexibility index (Phi) is 6.22. The van der Waals surface area contributed by atoms with E-state index in [1.54, 1.807) is 17.9 Å². The van der Waals surface area contributed by atoms with Crippen molar-refractivity contribution in [1.29, 1.82) is 0 Å². The lowest BCUT2D eigenvalue weighted by molar-refractivity contribution is -0.126. The summed E-state index contributed by atoms with van der Waals surface area (Å²) in [5.41, 5.74) is 2.85. The number of benzene rings is 2. The predicted molar refractivity (Wildman–Crippen MR) is 104 cm³/mol. The van der Waals surface area contributed by atoms with Gasteiger partial charge < -0.3 is 5.32 Å². The van der Waals surface area contributed by atoms with Crippen LogP contribution in [0.4, 0.5) is 10.1 Å². The molecular formula is C22H25FN2O2. The molecule has 142 valence electrons. The van der Waals surface area contributed by atoms with Crippen LogP contribution in [0.5, 0.6) is 0 Å². The first-order valence-corrected chi connectivity index (χ1v) is 9.48. The largest absolute Gasteiger partial charge is 0.354 e. The number of carbonyl (C=O) groups is 2. The van der Waals surface area contributed by atoms with E-state index in [0.29, 0.717) is 25.8 Å². The second-order valence-corrected chi connectivity index (χ2v) is 6.95. The molecule has 1 aliphatic rings. The Bertz CT molecular complexity index is 821. The minimum absolute atomic E-state index is 0.0117. The normalized spacial score (nSPS) is 15.0. The molecule has 0 bridgehead atoms. The SMILES string of the molecule is C[C@@H](C(=O)NCCCc1cccc(F)c1)N1C(=O)CCCc2ccccc21. The second-order valence-electron chi connectivity index (χ2n) is 6.95. The third-order valence-corrected chi connectivity index (χ3v) is 4.95. The lowest BCUT2D eigenvalue weighted by Gasteiger charge is -2.28. The molecular weight excluding hydrogens is 343 g/mol.